The Labute approximate surface area is 166 Å². The lowest BCUT2D eigenvalue weighted by atomic mass is 10.1. The Kier molecular flexibility index (Phi) is 7.82. The number of carbonyl (C=O) groups is 2. The average Bonchev–Trinajstić information content (AvgIpc) is 3.15. The summed E-state index contributed by atoms with van der Waals surface area (Å²) in [6.45, 7) is 1.24. The van der Waals surface area contributed by atoms with Crippen LogP contribution in [0.1, 0.15) is 30.0 Å². The predicted molar refractivity (Wildman–Crippen MR) is 109 cm³/mol. The molecule has 2 unspecified atom stereocenters. The minimum Gasteiger partial charge on any atom is -0.350 e. The molecular weight excluding hydrogens is 362 g/mol. The van der Waals surface area contributed by atoms with Gasteiger partial charge in [0.25, 0.3) is 0 Å². The number of nitrogens with zero attached hydrogens (tertiary/aromatic N) is 1. The van der Waals surface area contributed by atoms with Gasteiger partial charge in [0.15, 0.2) is 0 Å². The number of likely N-dealkylation sites (tertiary alicyclic amines) is 1. The maximum Gasteiger partial charge on any atom is 0.241 e. The first-order chi connectivity index (χ1) is 12.6. The van der Waals surface area contributed by atoms with Crippen LogP contribution >= 0.6 is 12.4 Å². The van der Waals surface area contributed by atoms with Crippen molar-refractivity contribution in [3.8, 4) is 0 Å². The zero-order valence-electron chi connectivity index (χ0n) is 15.2. The SMILES string of the molecule is Cl.NC(C(=O)NC1CCN(C(=O)CCc2ccccc2)C1)c1ccccc1. The lowest BCUT2D eigenvalue weighted by Gasteiger charge is -2.19. The molecule has 3 rings (SSSR count). The fourth-order valence-electron chi connectivity index (χ4n) is 3.26. The van der Waals surface area contributed by atoms with Crippen molar-refractivity contribution >= 4 is 24.2 Å². The summed E-state index contributed by atoms with van der Waals surface area (Å²) in [4.78, 5) is 26.6. The normalized spacial score (nSPS) is 17.1. The van der Waals surface area contributed by atoms with Gasteiger partial charge in [-0.25, -0.2) is 0 Å². The van der Waals surface area contributed by atoms with Gasteiger partial charge in [-0.05, 0) is 24.0 Å². The molecule has 0 bridgehead atoms. The van der Waals surface area contributed by atoms with Crippen molar-refractivity contribution in [2.24, 2.45) is 5.73 Å². The zero-order valence-corrected chi connectivity index (χ0v) is 16.0. The second kappa shape index (κ2) is 10.1. The Balaban J connectivity index is 0.00000261. The molecule has 27 heavy (non-hydrogen) atoms. The third-order valence-corrected chi connectivity index (χ3v) is 4.80. The van der Waals surface area contributed by atoms with E-state index >= 15 is 0 Å². The highest BCUT2D eigenvalue weighted by Crippen LogP contribution is 2.15. The van der Waals surface area contributed by atoms with Crippen LogP contribution in [0.15, 0.2) is 60.7 Å². The van der Waals surface area contributed by atoms with Crippen molar-refractivity contribution in [1.82, 2.24) is 10.2 Å². The van der Waals surface area contributed by atoms with Crippen LogP contribution < -0.4 is 11.1 Å². The molecule has 6 heteroatoms. The molecule has 2 atom stereocenters. The number of rotatable bonds is 6. The molecule has 0 aliphatic carbocycles. The van der Waals surface area contributed by atoms with E-state index in [0.29, 0.717) is 19.5 Å². The van der Waals surface area contributed by atoms with Gasteiger partial charge >= 0.3 is 0 Å². The molecule has 3 N–H and O–H groups in total. The Hall–Kier alpha value is -2.37. The van der Waals surface area contributed by atoms with Crippen LogP contribution in [0, 0.1) is 0 Å². The summed E-state index contributed by atoms with van der Waals surface area (Å²) in [5.74, 6) is -0.0576. The van der Waals surface area contributed by atoms with E-state index in [0.717, 1.165) is 18.4 Å². The summed E-state index contributed by atoms with van der Waals surface area (Å²) in [6, 6.07) is 18.6. The fourth-order valence-corrected chi connectivity index (χ4v) is 3.26. The summed E-state index contributed by atoms with van der Waals surface area (Å²) in [5.41, 5.74) is 7.99. The van der Waals surface area contributed by atoms with E-state index in [1.165, 1.54) is 5.56 Å². The van der Waals surface area contributed by atoms with Crippen LogP contribution in [0.25, 0.3) is 0 Å². The van der Waals surface area contributed by atoms with Crippen LogP contribution in [0.3, 0.4) is 0 Å². The Morgan fingerprint density at radius 1 is 1.07 bits per heavy atom. The molecule has 144 valence electrons. The van der Waals surface area contributed by atoms with Crippen LogP contribution in [0.4, 0.5) is 0 Å². The quantitative estimate of drug-likeness (QED) is 0.799. The van der Waals surface area contributed by atoms with Crippen molar-refractivity contribution in [3.63, 3.8) is 0 Å². The van der Waals surface area contributed by atoms with Gasteiger partial charge in [0.1, 0.15) is 6.04 Å². The molecule has 1 heterocycles. The number of amides is 2. The Morgan fingerprint density at radius 3 is 2.37 bits per heavy atom. The number of hydrogen-bond acceptors (Lipinski definition) is 3. The van der Waals surface area contributed by atoms with Crippen molar-refractivity contribution < 1.29 is 9.59 Å². The molecule has 2 aromatic carbocycles. The topological polar surface area (TPSA) is 75.4 Å². The lowest BCUT2D eigenvalue weighted by Crippen LogP contribution is -2.42. The molecule has 0 radical (unpaired) electrons. The zero-order chi connectivity index (χ0) is 18.4. The first-order valence-corrected chi connectivity index (χ1v) is 9.06. The van der Waals surface area contributed by atoms with Crippen LogP contribution in [-0.4, -0.2) is 35.8 Å². The van der Waals surface area contributed by atoms with Gasteiger partial charge in [-0.1, -0.05) is 60.7 Å². The Morgan fingerprint density at radius 2 is 1.70 bits per heavy atom. The van der Waals surface area contributed by atoms with E-state index in [2.05, 4.69) is 5.32 Å². The largest absolute Gasteiger partial charge is 0.350 e. The number of hydrogen-bond donors (Lipinski definition) is 2. The lowest BCUT2D eigenvalue weighted by molar-refractivity contribution is -0.130. The van der Waals surface area contributed by atoms with Gasteiger partial charge in [-0.2, -0.15) is 0 Å². The van der Waals surface area contributed by atoms with E-state index in [1.807, 2.05) is 65.6 Å². The highest BCUT2D eigenvalue weighted by Gasteiger charge is 2.28. The second-order valence-corrected chi connectivity index (χ2v) is 6.71. The van der Waals surface area contributed by atoms with Gasteiger partial charge in [0.05, 0.1) is 0 Å². The van der Waals surface area contributed by atoms with Gasteiger partial charge in [0, 0.05) is 25.6 Å². The number of nitrogens with one attached hydrogen (secondary N) is 1. The molecule has 1 aliphatic heterocycles. The predicted octanol–water partition coefficient (Wildman–Crippen LogP) is 2.46. The van der Waals surface area contributed by atoms with Gasteiger partial charge in [-0.15, -0.1) is 12.4 Å². The van der Waals surface area contributed by atoms with Crippen LogP contribution in [0.5, 0.6) is 0 Å². The highest BCUT2D eigenvalue weighted by molar-refractivity contribution is 5.85. The third-order valence-electron chi connectivity index (χ3n) is 4.80. The Bertz CT molecular complexity index is 740. The monoisotopic (exact) mass is 387 g/mol. The van der Waals surface area contributed by atoms with Gasteiger partial charge < -0.3 is 16.0 Å². The molecule has 2 amide bonds. The standard InChI is InChI=1S/C21H25N3O2.ClH/c22-20(17-9-5-2-6-10-17)21(26)23-18-13-14-24(15-18)19(25)12-11-16-7-3-1-4-8-16;/h1-10,18,20H,11-15,22H2,(H,23,26);1H. The number of halogens is 1. The molecule has 1 fully saturated rings. The molecule has 0 spiro atoms. The average molecular weight is 388 g/mol. The number of benzene rings is 2. The molecule has 2 aromatic rings. The van der Waals surface area contributed by atoms with Crippen molar-refractivity contribution in [1.29, 1.82) is 0 Å². The molecule has 0 aromatic heterocycles. The third kappa shape index (κ3) is 5.81. The van der Waals surface area contributed by atoms with Crippen LogP contribution in [0.2, 0.25) is 0 Å². The second-order valence-electron chi connectivity index (χ2n) is 6.71. The van der Waals surface area contributed by atoms with Crippen molar-refractivity contribution in [3.05, 3.63) is 71.8 Å². The van der Waals surface area contributed by atoms with E-state index < -0.39 is 6.04 Å². The minimum atomic E-state index is -0.681. The van der Waals surface area contributed by atoms with E-state index in [9.17, 15) is 9.59 Å². The van der Waals surface area contributed by atoms with Crippen LogP contribution in [-0.2, 0) is 16.0 Å². The van der Waals surface area contributed by atoms with Gasteiger partial charge in [0.2, 0.25) is 11.8 Å². The van der Waals surface area contributed by atoms with E-state index in [1.54, 1.807) is 0 Å². The van der Waals surface area contributed by atoms with Crippen molar-refractivity contribution in [2.75, 3.05) is 13.1 Å². The molecule has 0 saturated carbocycles. The van der Waals surface area contributed by atoms with Crippen molar-refractivity contribution in [2.45, 2.75) is 31.3 Å². The first-order valence-electron chi connectivity index (χ1n) is 9.06. The maximum atomic E-state index is 12.4. The molecular formula is C21H26ClN3O2. The summed E-state index contributed by atoms with van der Waals surface area (Å²) in [6.07, 6.45) is 2.00. The number of aryl methyl sites for hydroxylation is 1. The summed E-state index contributed by atoms with van der Waals surface area (Å²) < 4.78 is 0. The summed E-state index contributed by atoms with van der Waals surface area (Å²) in [7, 11) is 0. The van der Waals surface area contributed by atoms with E-state index in [-0.39, 0.29) is 30.3 Å². The van der Waals surface area contributed by atoms with Gasteiger partial charge in [-0.3, -0.25) is 9.59 Å². The fraction of sp³-hybridized carbons (Fsp3) is 0.333. The molecule has 5 nitrogen and oxygen atoms in total. The maximum absolute atomic E-state index is 12.4. The number of carbonyl (C=O) groups excluding carboxylic acids is 2. The summed E-state index contributed by atoms with van der Waals surface area (Å²) in [5, 5.41) is 2.98. The van der Waals surface area contributed by atoms with E-state index in [4.69, 9.17) is 5.73 Å². The molecule has 1 saturated heterocycles. The number of nitrogens with two attached hydrogens (primary N) is 1. The highest BCUT2D eigenvalue weighted by atomic mass is 35.5. The minimum absolute atomic E-state index is 0. The summed E-state index contributed by atoms with van der Waals surface area (Å²) >= 11 is 0. The molecule has 1 aliphatic rings. The smallest absolute Gasteiger partial charge is 0.241 e. The first kappa shape index (κ1) is 20.9.